The number of nitrogens with zero attached hydrogens (tertiary/aromatic N) is 1. The third-order valence-corrected chi connectivity index (χ3v) is 4.70. The van der Waals surface area contributed by atoms with Gasteiger partial charge in [-0.1, -0.05) is 12.1 Å². The third-order valence-electron chi connectivity index (χ3n) is 2.42. The normalized spacial score (nSPS) is 23.4. The van der Waals surface area contributed by atoms with Gasteiger partial charge in [-0.15, -0.1) is 11.8 Å². The highest BCUT2D eigenvalue weighted by Crippen LogP contribution is 2.42. The molecular formula is C10H9NOS2. The third kappa shape index (κ3) is 1.14. The lowest BCUT2D eigenvalue weighted by Gasteiger charge is -2.16. The van der Waals surface area contributed by atoms with Crippen LogP contribution < -0.4 is 4.90 Å². The largest absolute Gasteiger partial charge is 0.356 e. The van der Waals surface area contributed by atoms with Crippen molar-refractivity contribution in [3.8, 4) is 0 Å². The van der Waals surface area contributed by atoms with Gasteiger partial charge in [-0.2, -0.15) is 0 Å². The molecule has 0 aromatic heterocycles. The maximum Gasteiger partial charge on any atom is 0.0794 e. The van der Waals surface area contributed by atoms with Gasteiger partial charge in [-0.05, 0) is 12.1 Å². The molecule has 1 aromatic rings. The number of para-hydroxylation sites is 1. The lowest BCUT2D eigenvalue weighted by molar-refractivity contribution is 0.688. The summed E-state index contributed by atoms with van der Waals surface area (Å²) >= 11 is 1.82. The molecule has 1 atom stereocenters. The van der Waals surface area contributed by atoms with Crippen LogP contribution in [0.25, 0.3) is 0 Å². The first-order valence-electron chi connectivity index (χ1n) is 4.44. The van der Waals surface area contributed by atoms with Gasteiger partial charge in [0.05, 0.1) is 27.3 Å². The first-order valence-corrected chi connectivity index (χ1v) is 6.64. The Labute approximate surface area is 89.4 Å². The van der Waals surface area contributed by atoms with Crippen LogP contribution in [0.5, 0.6) is 0 Å². The van der Waals surface area contributed by atoms with Crippen LogP contribution in [0.4, 0.5) is 5.69 Å². The zero-order valence-corrected chi connectivity index (χ0v) is 9.11. The summed E-state index contributed by atoms with van der Waals surface area (Å²) in [6.45, 7) is 0.878. The Morgan fingerprint density at radius 1 is 1.43 bits per heavy atom. The van der Waals surface area contributed by atoms with E-state index in [1.54, 1.807) is 5.41 Å². The van der Waals surface area contributed by atoms with E-state index in [4.69, 9.17) is 0 Å². The van der Waals surface area contributed by atoms with Crippen LogP contribution in [0.2, 0.25) is 0 Å². The number of thioether (sulfide) groups is 1. The predicted octanol–water partition coefficient (Wildman–Crippen LogP) is 2.19. The van der Waals surface area contributed by atoms with E-state index in [-0.39, 0.29) is 0 Å². The standard InChI is InChI=1S/C10H9NOS2/c12-14-6-2-5-11-7-13-8-3-1-4-9(14)10(8)11/h1-4,6H,5,7H2. The highest BCUT2D eigenvalue weighted by Gasteiger charge is 2.25. The summed E-state index contributed by atoms with van der Waals surface area (Å²) in [6, 6.07) is 6.05. The molecule has 2 heterocycles. The molecule has 1 unspecified atom stereocenters. The second kappa shape index (κ2) is 3.14. The molecule has 0 fully saturated rings. The zero-order chi connectivity index (χ0) is 9.54. The highest BCUT2D eigenvalue weighted by molar-refractivity contribution is 8.00. The molecule has 0 aliphatic carbocycles. The van der Waals surface area contributed by atoms with Crippen LogP contribution in [-0.2, 0) is 10.8 Å². The van der Waals surface area contributed by atoms with Gasteiger partial charge in [-0.25, -0.2) is 4.21 Å². The summed E-state index contributed by atoms with van der Waals surface area (Å²) in [4.78, 5) is 4.50. The summed E-state index contributed by atoms with van der Waals surface area (Å²) in [6.07, 6.45) is 1.99. The second-order valence-electron chi connectivity index (χ2n) is 3.27. The molecule has 0 amide bonds. The average Bonchev–Trinajstić information content (AvgIpc) is 2.53. The summed E-state index contributed by atoms with van der Waals surface area (Å²) in [5.41, 5.74) is 1.18. The van der Waals surface area contributed by atoms with Crippen molar-refractivity contribution in [3.05, 3.63) is 29.7 Å². The van der Waals surface area contributed by atoms with E-state index < -0.39 is 10.8 Å². The first kappa shape index (κ1) is 8.56. The van der Waals surface area contributed by atoms with Crippen molar-refractivity contribution >= 4 is 28.2 Å². The van der Waals surface area contributed by atoms with E-state index in [1.165, 1.54) is 10.6 Å². The minimum atomic E-state index is -0.959. The Kier molecular flexibility index (Phi) is 1.92. The Balaban J connectivity index is 2.28. The van der Waals surface area contributed by atoms with Gasteiger partial charge in [0.2, 0.25) is 0 Å². The highest BCUT2D eigenvalue weighted by atomic mass is 32.2. The van der Waals surface area contributed by atoms with Crippen LogP contribution in [0.1, 0.15) is 0 Å². The minimum absolute atomic E-state index is 0.878. The van der Waals surface area contributed by atoms with Crippen molar-refractivity contribution in [3.63, 3.8) is 0 Å². The average molecular weight is 223 g/mol. The molecule has 72 valence electrons. The molecule has 2 nitrogen and oxygen atoms in total. The van der Waals surface area contributed by atoms with Crippen molar-refractivity contribution in [2.75, 3.05) is 17.3 Å². The van der Waals surface area contributed by atoms with Crippen LogP contribution in [0, 0.1) is 0 Å². The molecule has 4 heteroatoms. The smallest absolute Gasteiger partial charge is 0.0794 e. The van der Waals surface area contributed by atoms with Crippen LogP contribution in [0.3, 0.4) is 0 Å². The van der Waals surface area contributed by atoms with Crippen molar-refractivity contribution in [1.29, 1.82) is 0 Å². The molecule has 2 aliphatic rings. The van der Waals surface area contributed by atoms with Crippen LogP contribution >= 0.6 is 11.8 Å². The quantitative estimate of drug-likeness (QED) is 0.672. The molecule has 2 aliphatic heterocycles. The fraction of sp³-hybridized carbons (Fsp3) is 0.200. The molecule has 0 spiro atoms. The van der Waals surface area contributed by atoms with Crippen molar-refractivity contribution < 1.29 is 4.21 Å². The number of hydrogen-bond donors (Lipinski definition) is 0. The van der Waals surface area contributed by atoms with Gasteiger partial charge >= 0.3 is 0 Å². The van der Waals surface area contributed by atoms with E-state index in [0.717, 1.165) is 17.3 Å². The maximum atomic E-state index is 11.8. The monoisotopic (exact) mass is 223 g/mol. The lowest BCUT2D eigenvalue weighted by Crippen LogP contribution is -2.18. The fourth-order valence-electron chi connectivity index (χ4n) is 1.78. The van der Waals surface area contributed by atoms with Gasteiger partial charge in [0.15, 0.2) is 0 Å². The molecule has 14 heavy (non-hydrogen) atoms. The van der Waals surface area contributed by atoms with E-state index in [2.05, 4.69) is 11.0 Å². The molecule has 0 saturated carbocycles. The number of hydrogen-bond acceptors (Lipinski definition) is 3. The SMILES string of the molecule is O=S1C=CCN2CSc3cccc1c32. The van der Waals surface area contributed by atoms with Crippen LogP contribution in [0.15, 0.2) is 39.5 Å². The predicted molar refractivity (Wildman–Crippen MR) is 60.1 cm³/mol. The zero-order valence-electron chi connectivity index (χ0n) is 7.47. The number of rotatable bonds is 0. The van der Waals surface area contributed by atoms with Gasteiger partial charge in [0.1, 0.15) is 0 Å². The molecule has 0 saturated heterocycles. The minimum Gasteiger partial charge on any atom is -0.356 e. The molecular weight excluding hydrogens is 214 g/mol. The summed E-state index contributed by atoms with van der Waals surface area (Å²) < 4.78 is 11.8. The Morgan fingerprint density at radius 3 is 3.29 bits per heavy atom. The first-order chi connectivity index (χ1) is 6.86. The Hall–Kier alpha value is -0.740. The van der Waals surface area contributed by atoms with Gasteiger partial charge < -0.3 is 4.90 Å². The molecule has 0 N–H and O–H groups in total. The van der Waals surface area contributed by atoms with Gasteiger partial charge in [-0.3, -0.25) is 0 Å². The second-order valence-corrected chi connectivity index (χ2v) is 5.56. The topological polar surface area (TPSA) is 20.3 Å². The van der Waals surface area contributed by atoms with Crippen molar-refractivity contribution in [1.82, 2.24) is 0 Å². The van der Waals surface area contributed by atoms with Gasteiger partial charge in [0.25, 0.3) is 0 Å². The van der Waals surface area contributed by atoms with E-state index in [0.29, 0.717) is 0 Å². The van der Waals surface area contributed by atoms with Crippen LogP contribution in [-0.4, -0.2) is 16.6 Å². The van der Waals surface area contributed by atoms with Gasteiger partial charge in [0, 0.05) is 16.8 Å². The number of anilines is 1. The molecule has 0 bridgehead atoms. The number of benzene rings is 1. The van der Waals surface area contributed by atoms with Crippen molar-refractivity contribution in [2.24, 2.45) is 0 Å². The molecule has 0 radical (unpaired) electrons. The lowest BCUT2D eigenvalue weighted by atomic mass is 10.3. The van der Waals surface area contributed by atoms with E-state index >= 15 is 0 Å². The summed E-state index contributed by atoms with van der Waals surface area (Å²) in [5, 5.41) is 1.79. The maximum absolute atomic E-state index is 11.8. The summed E-state index contributed by atoms with van der Waals surface area (Å²) in [7, 11) is -0.959. The van der Waals surface area contributed by atoms with Crippen molar-refractivity contribution in [2.45, 2.75) is 9.79 Å². The fourth-order valence-corrected chi connectivity index (χ4v) is 3.97. The summed E-state index contributed by atoms with van der Waals surface area (Å²) in [5.74, 6) is 0.980. The molecule has 3 rings (SSSR count). The molecule has 1 aromatic carbocycles. The van der Waals surface area contributed by atoms with E-state index in [1.807, 2.05) is 30.0 Å². The Morgan fingerprint density at radius 2 is 2.36 bits per heavy atom. The van der Waals surface area contributed by atoms with E-state index in [9.17, 15) is 4.21 Å². The Bertz CT molecular complexity index is 442.